The Morgan fingerprint density at radius 2 is 2.00 bits per heavy atom. The van der Waals surface area contributed by atoms with Gasteiger partial charge in [0, 0.05) is 18.4 Å². The quantitative estimate of drug-likeness (QED) is 0.824. The van der Waals surface area contributed by atoms with Crippen molar-refractivity contribution in [1.29, 1.82) is 0 Å². The molecule has 1 aromatic rings. The number of rotatable bonds is 5. The summed E-state index contributed by atoms with van der Waals surface area (Å²) in [5, 5.41) is 0. The second-order valence-corrected chi connectivity index (χ2v) is 4.84. The van der Waals surface area contributed by atoms with Gasteiger partial charge < -0.3 is 5.73 Å². The van der Waals surface area contributed by atoms with Crippen LogP contribution in [-0.4, -0.2) is 5.78 Å². The molecular weight excluding hydrogens is 198 g/mol. The van der Waals surface area contributed by atoms with Crippen LogP contribution in [0.1, 0.15) is 37.8 Å². The molecule has 2 heteroatoms. The van der Waals surface area contributed by atoms with Crippen LogP contribution < -0.4 is 5.73 Å². The number of Topliss-reactive ketones (excluding diaryl/α,β-unsaturated/α-hetero) is 1. The Labute approximate surface area is 96.8 Å². The second-order valence-electron chi connectivity index (χ2n) is 4.84. The molecule has 1 aliphatic rings. The van der Waals surface area contributed by atoms with Crippen LogP contribution in [-0.2, 0) is 4.79 Å². The summed E-state index contributed by atoms with van der Waals surface area (Å²) >= 11 is 0. The molecule has 2 atom stereocenters. The van der Waals surface area contributed by atoms with E-state index in [1.54, 1.807) is 0 Å². The highest BCUT2D eigenvalue weighted by Crippen LogP contribution is 2.34. The fourth-order valence-electron chi connectivity index (χ4n) is 1.96. The molecule has 1 aromatic carbocycles. The second kappa shape index (κ2) is 4.79. The minimum Gasteiger partial charge on any atom is -0.323 e. The molecule has 0 aromatic heterocycles. The number of carbonyl (C=O) groups is 1. The first-order valence-corrected chi connectivity index (χ1v) is 6.01. The normalized spacial score (nSPS) is 19.1. The fraction of sp³-hybridized carbons (Fsp3) is 0.500. The number of hydrogen-bond donors (Lipinski definition) is 1. The largest absolute Gasteiger partial charge is 0.323 e. The number of benzene rings is 1. The molecule has 2 unspecified atom stereocenters. The maximum absolute atomic E-state index is 11.9. The van der Waals surface area contributed by atoms with Crippen molar-refractivity contribution in [3.05, 3.63) is 35.9 Å². The highest BCUT2D eigenvalue weighted by Gasteiger charge is 2.29. The Balaban J connectivity index is 1.97. The third-order valence-electron chi connectivity index (χ3n) is 3.42. The molecule has 0 bridgehead atoms. The number of carbonyl (C=O) groups excluding carboxylic acids is 1. The van der Waals surface area contributed by atoms with E-state index >= 15 is 0 Å². The van der Waals surface area contributed by atoms with E-state index in [0.717, 1.165) is 12.0 Å². The minimum absolute atomic E-state index is 0.0667. The van der Waals surface area contributed by atoms with Crippen LogP contribution in [0.5, 0.6) is 0 Å². The molecule has 0 radical (unpaired) electrons. The number of nitrogens with two attached hydrogens (primary N) is 1. The average Bonchev–Trinajstić information content (AvgIpc) is 3.12. The van der Waals surface area contributed by atoms with Crippen molar-refractivity contribution in [3.63, 3.8) is 0 Å². The van der Waals surface area contributed by atoms with Crippen molar-refractivity contribution in [2.45, 2.75) is 32.2 Å². The van der Waals surface area contributed by atoms with Crippen LogP contribution in [0.25, 0.3) is 0 Å². The van der Waals surface area contributed by atoms with Gasteiger partial charge in [0.15, 0.2) is 0 Å². The number of hydrogen-bond acceptors (Lipinski definition) is 2. The summed E-state index contributed by atoms with van der Waals surface area (Å²) in [5.74, 6) is 0.903. The summed E-state index contributed by atoms with van der Waals surface area (Å²) in [6.45, 7) is 1.95. The van der Waals surface area contributed by atoms with E-state index in [1.807, 2.05) is 37.3 Å². The third-order valence-corrected chi connectivity index (χ3v) is 3.42. The van der Waals surface area contributed by atoms with Crippen molar-refractivity contribution in [1.82, 2.24) is 0 Å². The Morgan fingerprint density at radius 3 is 2.56 bits per heavy atom. The molecule has 0 amide bonds. The van der Waals surface area contributed by atoms with E-state index in [0.29, 0.717) is 11.7 Å². The zero-order valence-electron chi connectivity index (χ0n) is 9.73. The molecule has 2 N–H and O–H groups in total. The molecule has 2 nitrogen and oxygen atoms in total. The summed E-state index contributed by atoms with van der Waals surface area (Å²) < 4.78 is 0. The first-order chi connectivity index (χ1) is 7.68. The maximum atomic E-state index is 11.9. The molecule has 1 saturated carbocycles. The van der Waals surface area contributed by atoms with Crippen LogP contribution in [0.15, 0.2) is 30.3 Å². The van der Waals surface area contributed by atoms with Crippen LogP contribution >= 0.6 is 0 Å². The summed E-state index contributed by atoms with van der Waals surface area (Å²) in [5.41, 5.74) is 7.17. The van der Waals surface area contributed by atoms with Gasteiger partial charge in [-0.3, -0.25) is 4.79 Å². The van der Waals surface area contributed by atoms with E-state index < -0.39 is 0 Å². The van der Waals surface area contributed by atoms with Crippen LogP contribution in [0.4, 0.5) is 0 Å². The van der Waals surface area contributed by atoms with Gasteiger partial charge in [-0.05, 0) is 24.3 Å². The van der Waals surface area contributed by atoms with Crippen LogP contribution in [0.3, 0.4) is 0 Å². The zero-order valence-corrected chi connectivity index (χ0v) is 9.73. The summed E-state index contributed by atoms with van der Waals surface area (Å²) in [4.78, 5) is 11.9. The lowest BCUT2D eigenvalue weighted by Gasteiger charge is -2.19. The molecule has 0 aliphatic heterocycles. The van der Waals surface area contributed by atoms with Gasteiger partial charge in [-0.1, -0.05) is 37.3 Å². The van der Waals surface area contributed by atoms with Gasteiger partial charge in [-0.2, -0.15) is 0 Å². The molecule has 2 rings (SSSR count). The van der Waals surface area contributed by atoms with E-state index in [-0.39, 0.29) is 12.0 Å². The molecule has 1 aliphatic carbocycles. The lowest BCUT2D eigenvalue weighted by molar-refractivity contribution is -0.123. The Kier molecular flexibility index (Phi) is 3.39. The van der Waals surface area contributed by atoms with E-state index in [4.69, 9.17) is 5.73 Å². The van der Waals surface area contributed by atoms with Gasteiger partial charge in [-0.25, -0.2) is 0 Å². The monoisotopic (exact) mass is 217 g/mol. The number of ketones is 1. The topological polar surface area (TPSA) is 43.1 Å². The van der Waals surface area contributed by atoms with Gasteiger partial charge >= 0.3 is 0 Å². The Bertz CT molecular complexity index is 356. The Hall–Kier alpha value is -1.15. The summed E-state index contributed by atoms with van der Waals surface area (Å²) in [6, 6.07) is 9.72. The van der Waals surface area contributed by atoms with Gasteiger partial charge in [-0.15, -0.1) is 0 Å². The molecular formula is C14H19NO. The SMILES string of the molecule is CC(C(=O)CC1CC1)C(N)c1ccccc1. The maximum Gasteiger partial charge on any atom is 0.137 e. The van der Waals surface area contributed by atoms with Gasteiger partial charge in [0.05, 0.1) is 0 Å². The van der Waals surface area contributed by atoms with Crippen molar-refractivity contribution in [2.24, 2.45) is 17.6 Å². The van der Waals surface area contributed by atoms with Gasteiger partial charge in [0.25, 0.3) is 0 Å². The predicted molar refractivity (Wildman–Crippen MR) is 64.9 cm³/mol. The minimum atomic E-state index is -0.160. The highest BCUT2D eigenvalue weighted by molar-refractivity contribution is 5.82. The van der Waals surface area contributed by atoms with Crippen molar-refractivity contribution in [2.75, 3.05) is 0 Å². The third kappa shape index (κ3) is 2.70. The standard InChI is InChI=1S/C14H19NO/c1-10(13(16)9-11-7-8-11)14(15)12-5-3-2-4-6-12/h2-6,10-11,14H,7-9,15H2,1H3. The van der Waals surface area contributed by atoms with Gasteiger partial charge in [0.2, 0.25) is 0 Å². The summed E-state index contributed by atoms with van der Waals surface area (Å²) in [6.07, 6.45) is 3.17. The van der Waals surface area contributed by atoms with Crippen molar-refractivity contribution in [3.8, 4) is 0 Å². The Morgan fingerprint density at radius 1 is 1.38 bits per heavy atom. The molecule has 0 spiro atoms. The van der Waals surface area contributed by atoms with E-state index in [2.05, 4.69) is 0 Å². The lowest BCUT2D eigenvalue weighted by Crippen LogP contribution is -2.26. The molecule has 0 saturated heterocycles. The predicted octanol–water partition coefficient (Wildman–Crippen LogP) is 2.69. The fourth-order valence-corrected chi connectivity index (χ4v) is 1.96. The summed E-state index contributed by atoms with van der Waals surface area (Å²) in [7, 11) is 0. The smallest absolute Gasteiger partial charge is 0.137 e. The first kappa shape index (κ1) is 11.3. The lowest BCUT2D eigenvalue weighted by atomic mass is 9.90. The van der Waals surface area contributed by atoms with Gasteiger partial charge in [0.1, 0.15) is 5.78 Å². The molecule has 1 fully saturated rings. The molecule has 86 valence electrons. The highest BCUT2D eigenvalue weighted by atomic mass is 16.1. The van der Waals surface area contributed by atoms with Crippen molar-refractivity contribution >= 4 is 5.78 Å². The van der Waals surface area contributed by atoms with Crippen molar-refractivity contribution < 1.29 is 4.79 Å². The van der Waals surface area contributed by atoms with Crippen LogP contribution in [0.2, 0.25) is 0 Å². The van der Waals surface area contributed by atoms with Crippen LogP contribution in [0, 0.1) is 11.8 Å². The van der Waals surface area contributed by atoms with E-state index in [9.17, 15) is 4.79 Å². The molecule has 0 heterocycles. The first-order valence-electron chi connectivity index (χ1n) is 6.01. The van der Waals surface area contributed by atoms with E-state index in [1.165, 1.54) is 12.8 Å². The zero-order chi connectivity index (χ0) is 11.5. The molecule has 16 heavy (non-hydrogen) atoms. The average molecular weight is 217 g/mol.